The van der Waals surface area contributed by atoms with Gasteiger partial charge in [-0.15, -0.1) is 0 Å². The molecule has 0 aliphatic carbocycles. The van der Waals surface area contributed by atoms with E-state index in [1.165, 1.54) is 7.11 Å². The number of carbonyl (C=O) groups excluding carboxylic acids is 1. The van der Waals surface area contributed by atoms with Gasteiger partial charge < -0.3 is 19.8 Å². The lowest BCUT2D eigenvalue weighted by molar-refractivity contribution is 0.0601. The largest absolute Gasteiger partial charge is 0.472 e. The predicted octanol–water partition coefficient (Wildman–Crippen LogP) is 2.28. The zero-order valence-corrected chi connectivity index (χ0v) is 10.9. The molecule has 0 fully saturated rings. The first kappa shape index (κ1) is 13.0. The molecule has 0 spiro atoms. The fraction of sp³-hybridized carbons (Fsp3) is 0.214. The van der Waals surface area contributed by atoms with Crippen molar-refractivity contribution in [3.05, 3.63) is 47.9 Å². The van der Waals surface area contributed by atoms with Crippen LogP contribution in [0.25, 0.3) is 0 Å². The number of hydrogen-bond donors (Lipinski definition) is 1. The minimum Gasteiger partial charge on any atom is -0.472 e. The molecule has 0 amide bonds. The van der Waals surface area contributed by atoms with Crippen molar-refractivity contribution in [1.82, 2.24) is 0 Å². The molecule has 0 radical (unpaired) electrons. The number of nitrogens with two attached hydrogens (primary N) is 1. The first-order valence-corrected chi connectivity index (χ1v) is 5.82. The number of hydrogen-bond acceptors (Lipinski definition) is 5. The van der Waals surface area contributed by atoms with Crippen molar-refractivity contribution in [2.75, 3.05) is 24.8 Å². The van der Waals surface area contributed by atoms with Gasteiger partial charge in [-0.1, -0.05) is 0 Å². The van der Waals surface area contributed by atoms with Crippen molar-refractivity contribution in [3.8, 4) is 0 Å². The molecule has 1 aromatic carbocycles. The van der Waals surface area contributed by atoms with Gasteiger partial charge in [-0.25, -0.2) is 4.79 Å². The van der Waals surface area contributed by atoms with Crippen LogP contribution >= 0.6 is 0 Å². The standard InChI is InChI=1S/C14H16N2O3/c1-16(8-10-5-6-19-9-10)13-7-11(14(17)18-2)3-4-12(13)15/h3-7,9H,8,15H2,1-2H3. The lowest BCUT2D eigenvalue weighted by atomic mass is 10.1. The number of carbonyl (C=O) groups is 1. The summed E-state index contributed by atoms with van der Waals surface area (Å²) in [5, 5.41) is 0. The minimum absolute atomic E-state index is 0.377. The Morgan fingerprint density at radius 1 is 1.42 bits per heavy atom. The number of esters is 1. The van der Waals surface area contributed by atoms with Crippen molar-refractivity contribution in [1.29, 1.82) is 0 Å². The highest BCUT2D eigenvalue weighted by Crippen LogP contribution is 2.25. The van der Waals surface area contributed by atoms with Gasteiger partial charge in [0, 0.05) is 19.2 Å². The van der Waals surface area contributed by atoms with Gasteiger partial charge in [-0.2, -0.15) is 0 Å². The molecule has 0 aliphatic rings. The van der Waals surface area contributed by atoms with Crippen LogP contribution in [0.3, 0.4) is 0 Å². The van der Waals surface area contributed by atoms with E-state index in [-0.39, 0.29) is 5.97 Å². The SMILES string of the molecule is COC(=O)c1ccc(N)c(N(C)Cc2ccoc2)c1. The average Bonchev–Trinajstić information content (AvgIpc) is 2.91. The van der Waals surface area contributed by atoms with Crippen LogP contribution in [0, 0.1) is 0 Å². The van der Waals surface area contributed by atoms with Crippen molar-refractivity contribution in [2.24, 2.45) is 0 Å². The zero-order chi connectivity index (χ0) is 13.8. The van der Waals surface area contributed by atoms with Gasteiger partial charge in [-0.3, -0.25) is 0 Å². The van der Waals surface area contributed by atoms with Crippen LogP contribution in [-0.2, 0) is 11.3 Å². The molecule has 1 aromatic heterocycles. The predicted molar refractivity (Wildman–Crippen MR) is 73.0 cm³/mol. The van der Waals surface area contributed by atoms with Gasteiger partial charge in [0.2, 0.25) is 0 Å². The summed E-state index contributed by atoms with van der Waals surface area (Å²) in [6.45, 7) is 0.644. The average molecular weight is 260 g/mol. The molecule has 0 saturated heterocycles. The monoisotopic (exact) mass is 260 g/mol. The third-order valence-electron chi connectivity index (χ3n) is 2.86. The van der Waals surface area contributed by atoms with Gasteiger partial charge in [-0.05, 0) is 24.3 Å². The smallest absolute Gasteiger partial charge is 0.337 e. The van der Waals surface area contributed by atoms with Gasteiger partial charge >= 0.3 is 5.97 Å². The minimum atomic E-state index is -0.377. The van der Waals surface area contributed by atoms with E-state index >= 15 is 0 Å². The third-order valence-corrected chi connectivity index (χ3v) is 2.86. The van der Waals surface area contributed by atoms with Gasteiger partial charge in [0.1, 0.15) is 0 Å². The van der Waals surface area contributed by atoms with Crippen LogP contribution < -0.4 is 10.6 Å². The highest BCUT2D eigenvalue weighted by Gasteiger charge is 2.12. The van der Waals surface area contributed by atoms with Crippen molar-refractivity contribution in [2.45, 2.75) is 6.54 Å². The zero-order valence-electron chi connectivity index (χ0n) is 10.9. The molecule has 0 saturated carbocycles. The summed E-state index contributed by atoms with van der Waals surface area (Å²) in [6.07, 6.45) is 3.30. The van der Waals surface area contributed by atoms with Crippen molar-refractivity contribution in [3.63, 3.8) is 0 Å². The van der Waals surface area contributed by atoms with Gasteiger partial charge in [0.15, 0.2) is 0 Å². The maximum atomic E-state index is 11.5. The first-order chi connectivity index (χ1) is 9.11. The van der Waals surface area contributed by atoms with Crippen LogP contribution in [0.5, 0.6) is 0 Å². The van der Waals surface area contributed by atoms with E-state index in [4.69, 9.17) is 14.9 Å². The number of rotatable bonds is 4. The van der Waals surface area contributed by atoms with Crippen LogP contribution in [0.4, 0.5) is 11.4 Å². The van der Waals surface area contributed by atoms with Gasteiger partial charge in [0.25, 0.3) is 0 Å². The molecule has 2 rings (SSSR count). The lowest BCUT2D eigenvalue weighted by Crippen LogP contribution is -2.18. The maximum Gasteiger partial charge on any atom is 0.337 e. The van der Waals surface area contributed by atoms with Crippen LogP contribution in [0.15, 0.2) is 41.2 Å². The Bertz CT molecular complexity index is 564. The van der Waals surface area contributed by atoms with E-state index in [1.54, 1.807) is 30.7 Å². The molecule has 2 aromatic rings. The number of anilines is 2. The Labute approximate surface area is 111 Å². The second kappa shape index (κ2) is 5.48. The molecule has 5 nitrogen and oxygen atoms in total. The van der Waals surface area contributed by atoms with E-state index in [2.05, 4.69) is 0 Å². The Morgan fingerprint density at radius 3 is 2.84 bits per heavy atom. The molecule has 0 atom stereocenters. The molecule has 5 heteroatoms. The highest BCUT2D eigenvalue weighted by molar-refractivity contribution is 5.92. The Hall–Kier alpha value is -2.43. The van der Waals surface area contributed by atoms with Crippen LogP contribution in [0.2, 0.25) is 0 Å². The number of benzene rings is 1. The number of nitrogen functional groups attached to an aromatic ring is 1. The normalized spacial score (nSPS) is 10.2. The van der Waals surface area contributed by atoms with Crippen LogP contribution in [0.1, 0.15) is 15.9 Å². The van der Waals surface area contributed by atoms with E-state index in [9.17, 15) is 4.79 Å². The second-order valence-corrected chi connectivity index (χ2v) is 4.25. The quantitative estimate of drug-likeness (QED) is 0.674. The maximum absolute atomic E-state index is 11.5. The molecule has 1 heterocycles. The topological polar surface area (TPSA) is 68.7 Å². The fourth-order valence-electron chi connectivity index (χ4n) is 1.86. The Kier molecular flexibility index (Phi) is 3.75. The van der Waals surface area contributed by atoms with E-state index in [0.717, 1.165) is 11.3 Å². The van der Waals surface area contributed by atoms with Crippen LogP contribution in [-0.4, -0.2) is 20.1 Å². The highest BCUT2D eigenvalue weighted by atomic mass is 16.5. The summed E-state index contributed by atoms with van der Waals surface area (Å²) in [4.78, 5) is 13.5. The Balaban J connectivity index is 2.25. The summed E-state index contributed by atoms with van der Waals surface area (Å²) >= 11 is 0. The molecule has 100 valence electrons. The van der Waals surface area contributed by atoms with Crippen molar-refractivity contribution >= 4 is 17.3 Å². The lowest BCUT2D eigenvalue weighted by Gasteiger charge is -2.21. The summed E-state index contributed by atoms with van der Waals surface area (Å²) in [7, 11) is 3.26. The molecular weight excluding hydrogens is 244 g/mol. The number of furan rings is 1. The molecule has 0 aliphatic heterocycles. The number of methoxy groups -OCH3 is 1. The summed E-state index contributed by atoms with van der Waals surface area (Å²) in [5.74, 6) is -0.377. The molecule has 19 heavy (non-hydrogen) atoms. The van der Waals surface area contributed by atoms with E-state index in [0.29, 0.717) is 17.8 Å². The van der Waals surface area contributed by atoms with E-state index < -0.39 is 0 Å². The summed E-state index contributed by atoms with van der Waals surface area (Å²) in [5.41, 5.74) is 8.85. The van der Waals surface area contributed by atoms with E-state index in [1.807, 2.05) is 18.0 Å². The number of nitrogens with zero attached hydrogens (tertiary/aromatic N) is 1. The summed E-state index contributed by atoms with van der Waals surface area (Å²) < 4.78 is 9.73. The molecule has 0 unspecified atom stereocenters. The van der Waals surface area contributed by atoms with Crippen molar-refractivity contribution < 1.29 is 13.9 Å². The molecular formula is C14H16N2O3. The van der Waals surface area contributed by atoms with Gasteiger partial charge in [0.05, 0.1) is 36.6 Å². The Morgan fingerprint density at radius 2 is 2.21 bits per heavy atom. The molecule has 2 N–H and O–H groups in total. The first-order valence-electron chi connectivity index (χ1n) is 5.82. The fourth-order valence-corrected chi connectivity index (χ4v) is 1.86. The second-order valence-electron chi connectivity index (χ2n) is 4.25. The summed E-state index contributed by atoms with van der Waals surface area (Å²) in [6, 6.07) is 6.96. The third kappa shape index (κ3) is 2.88. The molecule has 0 bridgehead atoms. The number of ether oxygens (including phenoxy) is 1.